The summed E-state index contributed by atoms with van der Waals surface area (Å²) in [6.45, 7) is 0.839. The third-order valence-corrected chi connectivity index (χ3v) is 5.81. The molecule has 4 heterocycles. The normalized spacial score (nSPS) is 34.1. The van der Waals surface area contributed by atoms with Gasteiger partial charge in [0.1, 0.15) is 0 Å². The standard InChI is InChI=1S/C16H16ClN3O/c17-16-13-6-3-7-20(13)15(21)12(19-16)8-10-9-4-1-2-5-11(9)18-14(10)16/h1-2,4-5,12-13,18-19H,3,6-8H2/t12-,13-,16-/m1/s1. The predicted octanol–water partition coefficient (Wildman–Crippen LogP) is 2.08. The van der Waals surface area contributed by atoms with E-state index in [1.807, 2.05) is 17.0 Å². The van der Waals surface area contributed by atoms with Crippen LogP contribution in [0.1, 0.15) is 24.1 Å². The maximum atomic E-state index is 12.6. The maximum Gasteiger partial charge on any atom is 0.240 e. The second-order valence-electron chi connectivity index (χ2n) is 6.33. The second-order valence-corrected chi connectivity index (χ2v) is 6.92. The zero-order valence-electron chi connectivity index (χ0n) is 11.5. The quantitative estimate of drug-likeness (QED) is 0.578. The van der Waals surface area contributed by atoms with Crippen LogP contribution < -0.4 is 5.32 Å². The van der Waals surface area contributed by atoms with Crippen LogP contribution in [0.2, 0.25) is 0 Å². The molecule has 1 aromatic carbocycles. The third-order valence-electron chi connectivity index (χ3n) is 5.26. The summed E-state index contributed by atoms with van der Waals surface area (Å²) in [5.74, 6) is 0.213. The first kappa shape index (κ1) is 12.1. The molecule has 21 heavy (non-hydrogen) atoms. The number of piperazine rings is 1. The van der Waals surface area contributed by atoms with E-state index in [1.165, 1.54) is 10.9 Å². The topological polar surface area (TPSA) is 48.1 Å². The number of aromatic amines is 1. The highest BCUT2D eigenvalue weighted by molar-refractivity contribution is 6.25. The van der Waals surface area contributed by atoms with E-state index in [-0.39, 0.29) is 18.0 Å². The summed E-state index contributed by atoms with van der Waals surface area (Å²) < 4.78 is 0. The van der Waals surface area contributed by atoms with Crippen molar-refractivity contribution in [1.82, 2.24) is 15.2 Å². The highest BCUT2D eigenvalue weighted by atomic mass is 35.5. The molecule has 2 fully saturated rings. The summed E-state index contributed by atoms with van der Waals surface area (Å²) in [6, 6.07) is 8.12. The fourth-order valence-corrected chi connectivity index (χ4v) is 4.88. The summed E-state index contributed by atoms with van der Waals surface area (Å²) in [7, 11) is 0. The molecular formula is C16H16ClN3O. The minimum Gasteiger partial charge on any atom is -0.356 e. The lowest BCUT2D eigenvalue weighted by molar-refractivity contribution is -0.140. The molecule has 0 saturated carbocycles. The molecule has 0 unspecified atom stereocenters. The number of fused-ring (bicyclic) bond motifs is 8. The maximum absolute atomic E-state index is 12.6. The molecule has 108 valence electrons. The van der Waals surface area contributed by atoms with E-state index in [0.717, 1.165) is 37.0 Å². The number of halogens is 1. The number of nitrogens with one attached hydrogen (secondary N) is 2. The number of nitrogens with zero attached hydrogens (tertiary/aromatic N) is 1. The number of para-hydroxylation sites is 1. The first-order valence-corrected chi connectivity index (χ1v) is 7.93. The molecule has 3 aliphatic rings. The van der Waals surface area contributed by atoms with E-state index in [4.69, 9.17) is 11.6 Å². The van der Waals surface area contributed by atoms with E-state index in [2.05, 4.69) is 22.4 Å². The van der Waals surface area contributed by atoms with E-state index in [0.29, 0.717) is 0 Å². The molecule has 3 aliphatic heterocycles. The Morgan fingerprint density at radius 3 is 3.10 bits per heavy atom. The fraction of sp³-hybridized carbons (Fsp3) is 0.438. The Balaban J connectivity index is 1.79. The summed E-state index contributed by atoms with van der Waals surface area (Å²) in [5, 5.41) is 4.61. The molecule has 2 saturated heterocycles. The van der Waals surface area contributed by atoms with Crippen LogP contribution >= 0.6 is 11.6 Å². The molecule has 2 aromatic rings. The smallest absolute Gasteiger partial charge is 0.240 e. The second kappa shape index (κ2) is 3.81. The number of carbonyl (C=O) groups is 1. The zero-order valence-corrected chi connectivity index (χ0v) is 12.3. The van der Waals surface area contributed by atoms with Gasteiger partial charge >= 0.3 is 0 Å². The molecule has 5 heteroatoms. The van der Waals surface area contributed by atoms with Crippen LogP contribution in [0.3, 0.4) is 0 Å². The highest BCUT2D eigenvalue weighted by Crippen LogP contribution is 2.47. The minimum atomic E-state index is -0.665. The van der Waals surface area contributed by atoms with Gasteiger partial charge in [0.05, 0.1) is 17.8 Å². The molecular weight excluding hydrogens is 286 g/mol. The number of rotatable bonds is 0. The monoisotopic (exact) mass is 301 g/mol. The number of hydrogen-bond donors (Lipinski definition) is 2. The van der Waals surface area contributed by atoms with Crippen molar-refractivity contribution < 1.29 is 4.79 Å². The van der Waals surface area contributed by atoms with Crippen LogP contribution in [0.25, 0.3) is 10.9 Å². The molecule has 0 radical (unpaired) electrons. The van der Waals surface area contributed by atoms with Crippen molar-refractivity contribution in [2.24, 2.45) is 0 Å². The summed E-state index contributed by atoms with van der Waals surface area (Å²) >= 11 is 7.04. The van der Waals surface area contributed by atoms with E-state index in [1.54, 1.807) is 0 Å². The lowest BCUT2D eigenvalue weighted by atomic mass is 9.85. The number of amides is 1. The van der Waals surface area contributed by atoms with Gasteiger partial charge in [-0.05, 0) is 30.9 Å². The first-order chi connectivity index (χ1) is 10.2. The molecule has 0 spiro atoms. The number of benzene rings is 1. The molecule has 1 aromatic heterocycles. The zero-order chi connectivity index (χ0) is 14.2. The minimum absolute atomic E-state index is 0.0510. The average Bonchev–Trinajstić information content (AvgIpc) is 3.11. The van der Waals surface area contributed by atoms with Crippen LogP contribution in [-0.2, 0) is 16.2 Å². The van der Waals surface area contributed by atoms with Gasteiger partial charge in [0.25, 0.3) is 0 Å². The molecule has 3 atom stereocenters. The van der Waals surface area contributed by atoms with Crippen LogP contribution in [0.15, 0.2) is 24.3 Å². The van der Waals surface area contributed by atoms with E-state index >= 15 is 0 Å². The Bertz CT molecular complexity index is 770. The van der Waals surface area contributed by atoms with Crippen molar-refractivity contribution in [2.75, 3.05) is 6.54 Å². The summed E-state index contributed by atoms with van der Waals surface area (Å²) in [4.78, 5) is 17.5. The van der Waals surface area contributed by atoms with Gasteiger partial charge < -0.3 is 9.88 Å². The van der Waals surface area contributed by atoms with Gasteiger partial charge in [0.15, 0.2) is 5.00 Å². The fourth-order valence-electron chi connectivity index (χ4n) is 4.36. The Labute approximate surface area is 127 Å². The van der Waals surface area contributed by atoms with Gasteiger partial charge in [-0.3, -0.25) is 10.1 Å². The molecule has 0 aliphatic carbocycles. The number of hydrogen-bond acceptors (Lipinski definition) is 2. The highest BCUT2D eigenvalue weighted by Gasteiger charge is 2.57. The Hall–Kier alpha value is -1.52. The Kier molecular flexibility index (Phi) is 2.19. The van der Waals surface area contributed by atoms with Crippen molar-refractivity contribution in [3.05, 3.63) is 35.5 Å². The molecule has 5 rings (SSSR count). The van der Waals surface area contributed by atoms with Gasteiger partial charge in [-0.2, -0.15) is 0 Å². The molecule has 2 bridgehead atoms. The van der Waals surface area contributed by atoms with Crippen LogP contribution in [0.4, 0.5) is 0 Å². The number of H-pyrrole nitrogens is 1. The lowest BCUT2D eigenvalue weighted by Crippen LogP contribution is -2.69. The molecule has 4 nitrogen and oxygen atoms in total. The number of aromatic nitrogens is 1. The van der Waals surface area contributed by atoms with Crippen molar-refractivity contribution in [3.8, 4) is 0 Å². The van der Waals surface area contributed by atoms with Crippen LogP contribution in [0, 0.1) is 0 Å². The van der Waals surface area contributed by atoms with E-state index < -0.39 is 5.00 Å². The SMILES string of the molecule is O=C1[C@H]2Cc3c([nH]c4ccccc34)[C@](Cl)(N2)[C@H]2CCCN12. The van der Waals surface area contributed by atoms with Gasteiger partial charge in [-0.25, -0.2) is 0 Å². The van der Waals surface area contributed by atoms with Crippen molar-refractivity contribution in [3.63, 3.8) is 0 Å². The van der Waals surface area contributed by atoms with Gasteiger partial charge in [-0.15, -0.1) is 0 Å². The summed E-state index contributed by atoms with van der Waals surface area (Å²) in [5.41, 5.74) is 3.38. The van der Waals surface area contributed by atoms with Crippen LogP contribution in [0.5, 0.6) is 0 Å². The summed E-state index contributed by atoms with van der Waals surface area (Å²) in [6.07, 6.45) is 2.72. The van der Waals surface area contributed by atoms with Crippen molar-refractivity contribution in [1.29, 1.82) is 0 Å². The first-order valence-electron chi connectivity index (χ1n) is 7.55. The van der Waals surface area contributed by atoms with E-state index in [9.17, 15) is 4.79 Å². The Morgan fingerprint density at radius 2 is 2.19 bits per heavy atom. The third kappa shape index (κ3) is 1.37. The van der Waals surface area contributed by atoms with Crippen LogP contribution in [-0.4, -0.2) is 34.4 Å². The Morgan fingerprint density at radius 1 is 1.33 bits per heavy atom. The van der Waals surface area contributed by atoms with Gasteiger partial charge in [0.2, 0.25) is 5.91 Å². The lowest BCUT2D eigenvalue weighted by Gasteiger charge is -2.49. The predicted molar refractivity (Wildman–Crippen MR) is 81.2 cm³/mol. The van der Waals surface area contributed by atoms with Gasteiger partial charge in [0, 0.05) is 17.4 Å². The van der Waals surface area contributed by atoms with Crippen molar-refractivity contribution in [2.45, 2.75) is 36.3 Å². The number of carbonyl (C=O) groups excluding carboxylic acids is 1. The molecule has 1 amide bonds. The largest absolute Gasteiger partial charge is 0.356 e. The van der Waals surface area contributed by atoms with Crippen molar-refractivity contribution >= 4 is 28.4 Å². The average molecular weight is 302 g/mol. The van der Waals surface area contributed by atoms with Gasteiger partial charge in [-0.1, -0.05) is 29.8 Å². The number of alkyl halides is 1. The molecule has 2 N–H and O–H groups in total.